The van der Waals surface area contributed by atoms with E-state index in [9.17, 15) is 9.59 Å². The van der Waals surface area contributed by atoms with Crippen LogP contribution in [0.5, 0.6) is 0 Å². The van der Waals surface area contributed by atoms with Gasteiger partial charge < -0.3 is 5.32 Å². The van der Waals surface area contributed by atoms with Gasteiger partial charge in [-0.3, -0.25) is 14.9 Å². The molecule has 1 aromatic heterocycles. The molecule has 3 aromatic rings. The zero-order valence-corrected chi connectivity index (χ0v) is 17.9. The lowest BCUT2D eigenvalue weighted by molar-refractivity contribution is -0.122. The second kappa shape index (κ2) is 9.41. The van der Waals surface area contributed by atoms with E-state index in [4.69, 9.17) is 11.6 Å². The number of fused-ring (bicyclic) bond motifs is 1. The Balaban J connectivity index is 1.31. The van der Waals surface area contributed by atoms with Crippen LogP contribution in [0.1, 0.15) is 45.3 Å². The number of amides is 2. The molecule has 2 N–H and O–H groups in total. The number of nitrogens with one attached hydrogen (secondary N) is 2. The number of anilines is 1. The summed E-state index contributed by atoms with van der Waals surface area (Å²) in [4.78, 5) is 30.7. The number of hydrogen-bond donors (Lipinski definition) is 2. The van der Waals surface area contributed by atoms with Crippen molar-refractivity contribution in [1.29, 1.82) is 0 Å². The van der Waals surface area contributed by atoms with Gasteiger partial charge in [0.1, 0.15) is 0 Å². The lowest BCUT2D eigenvalue weighted by Gasteiger charge is -2.11. The Morgan fingerprint density at radius 1 is 1.10 bits per heavy atom. The Morgan fingerprint density at radius 3 is 2.63 bits per heavy atom. The van der Waals surface area contributed by atoms with E-state index >= 15 is 0 Å². The van der Waals surface area contributed by atoms with E-state index in [1.807, 2.05) is 18.2 Å². The third-order valence-electron chi connectivity index (χ3n) is 5.15. The molecule has 1 unspecified atom stereocenters. The van der Waals surface area contributed by atoms with Crippen LogP contribution < -0.4 is 10.6 Å². The molecule has 0 saturated carbocycles. The van der Waals surface area contributed by atoms with Crippen molar-refractivity contribution in [1.82, 2.24) is 10.3 Å². The molecule has 30 heavy (non-hydrogen) atoms. The van der Waals surface area contributed by atoms with E-state index in [1.54, 1.807) is 24.3 Å². The number of aromatic nitrogens is 1. The number of aryl methyl sites for hydroxylation is 2. The molecular formula is C23H22ClN3O2S. The Bertz CT molecular complexity index is 1030. The predicted molar refractivity (Wildman–Crippen MR) is 120 cm³/mol. The molecule has 0 fully saturated rings. The summed E-state index contributed by atoms with van der Waals surface area (Å²) >= 11 is 7.32. The van der Waals surface area contributed by atoms with Gasteiger partial charge in [0.15, 0.2) is 5.13 Å². The van der Waals surface area contributed by atoms with E-state index in [1.165, 1.54) is 16.9 Å². The van der Waals surface area contributed by atoms with E-state index in [0.717, 1.165) is 36.3 Å². The van der Waals surface area contributed by atoms with E-state index < -0.39 is 0 Å². The highest BCUT2D eigenvalue weighted by Gasteiger charge is 2.32. The van der Waals surface area contributed by atoms with Crippen molar-refractivity contribution in [3.8, 4) is 0 Å². The first kappa shape index (κ1) is 20.6. The van der Waals surface area contributed by atoms with Gasteiger partial charge >= 0.3 is 0 Å². The molecule has 5 nitrogen and oxygen atoms in total. The number of carbonyl (C=O) groups excluding carboxylic acids is 2. The second-order valence-corrected chi connectivity index (χ2v) is 8.78. The lowest BCUT2D eigenvalue weighted by atomic mass is 10.1. The van der Waals surface area contributed by atoms with Gasteiger partial charge in [-0.05, 0) is 55.5 Å². The fraction of sp³-hybridized carbons (Fsp3) is 0.261. The summed E-state index contributed by atoms with van der Waals surface area (Å²) in [6.45, 7) is 0.643. The normalized spacial score (nSPS) is 14.9. The van der Waals surface area contributed by atoms with Crippen molar-refractivity contribution in [3.63, 3.8) is 0 Å². The third-order valence-corrected chi connectivity index (χ3v) is 6.44. The van der Waals surface area contributed by atoms with Crippen LogP contribution in [0.15, 0.2) is 54.6 Å². The molecule has 4 rings (SSSR count). The van der Waals surface area contributed by atoms with Crippen molar-refractivity contribution in [2.24, 2.45) is 0 Å². The predicted octanol–water partition coefficient (Wildman–Crippen LogP) is 4.83. The summed E-state index contributed by atoms with van der Waals surface area (Å²) < 4.78 is 0. The standard InChI is InChI=1S/C23H22ClN3O2S/c24-17-10-8-16(9-11-17)21(28)27-23-26-20-18(12-13-19(20)30-23)22(29)25-14-4-7-15-5-2-1-3-6-15/h1-3,5-6,8-11,18H,4,7,12-14H2,(H,25,29)(H,26,27,28). The molecule has 2 amide bonds. The molecule has 0 aliphatic heterocycles. The Morgan fingerprint density at radius 2 is 1.87 bits per heavy atom. The average molecular weight is 440 g/mol. The quantitative estimate of drug-likeness (QED) is 0.518. The van der Waals surface area contributed by atoms with Gasteiger partial charge in [-0.15, -0.1) is 11.3 Å². The average Bonchev–Trinajstić information content (AvgIpc) is 3.32. The highest BCUT2D eigenvalue weighted by molar-refractivity contribution is 7.16. The summed E-state index contributed by atoms with van der Waals surface area (Å²) in [5, 5.41) is 6.98. The van der Waals surface area contributed by atoms with Crippen molar-refractivity contribution in [2.75, 3.05) is 11.9 Å². The number of hydrogen-bond acceptors (Lipinski definition) is 4. The van der Waals surface area contributed by atoms with Crippen LogP contribution in [0.3, 0.4) is 0 Å². The first-order chi connectivity index (χ1) is 14.6. The smallest absolute Gasteiger partial charge is 0.257 e. The maximum Gasteiger partial charge on any atom is 0.257 e. The molecule has 1 aliphatic rings. The minimum Gasteiger partial charge on any atom is -0.356 e. The summed E-state index contributed by atoms with van der Waals surface area (Å²) in [7, 11) is 0. The summed E-state index contributed by atoms with van der Waals surface area (Å²) in [6.07, 6.45) is 3.42. The van der Waals surface area contributed by atoms with Gasteiger partial charge in [-0.2, -0.15) is 0 Å². The van der Waals surface area contributed by atoms with Crippen LogP contribution in [0, 0.1) is 0 Å². The van der Waals surface area contributed by atoms with Crippen LogP contribution in [-0.2, 0) is 17.6 Å². The van der Waals surface area contributed by atoms with Gasteiger partial charge in [0.25, 0.3) is 5.91 Å². The molecule has 0 spiro atoms. The summed E-state index contributed by atoms with van der Waals surface area (Å²) in [5.41, 5.74) is 2.59. The largest absolute Gasteiger partial charge is 0.356 e. The maximum atomic E-state index is 12.7. The van der Waals surface area contributed by atoms with Crippen LogP contribution in [0.4, 0.5) is 5.13 Å². The lowest BCUT2D eigenvalue weighted by Crippen LogP contribution is -2.29. The number of halogens is 1. The molecule has 0 radical (unpaired) electrons. The molecule has 0 bridgehead atoms. The fourth-order valence-electron chi connectivity index (χ4n) is 3.58. The van der Waals surface area contributed by atoms with Crippen LogP contribution in [0.2, 0.25) is 5.02 Å². The summed E-state index contributed by atoms with van der Waals surface area (Å²) in [5.74, 6) is -0.460. The minimum absolute atomic E-state index is 0.0164. The molecule has 154 valence electrons. The number of benzene rings is 2. The number of carbonyl (C=O) groups is 2. The van der Waals surface area contributed by atoms with Crippen molar-refractivity contribution in [2.45, 2.75) is 31.6 Å². The monoisotopic (exact) mass is 439 g/mol. The van der Waals surface area contributed by atoms with E-state index in [2.05, 4.69) is 27.8 Å². The van der Waals surface area contributed by atoms with Crippen molar-refractivity contribution < 1.29 is 9.59 Å². The topological polar surface area (TPSA) is 71.1 Å². The van der Waals surface area contributed by atoms with E-state index in [0.29, 0.717) is 22.3 Å². The minimum atomic E-state index is -0.242. The number of thiazole rings is 1. The Hall–Kier alpha value is -2.70. The van der Waals surface area contributed by atoms with Gasteiger partial charge in [0, 0.05) is 22.0 Å². The van der Waals surface area contributed by atoms with Gasteiger partial charge in [-0.1, -0.05) is 41.9 Å². The first-order valence-corrected chi connectivity index (χ1v) is 11.2. The number of rotatable bonds is 7. The van der Waals surface area contributed by atoms with Crippen molar-refractivity contribution in [3.05, 3.63) is 81.3 Å². The fourth-order valence-corrected chi connectivity index (χ4v) is 4.74. The van der Waals surface area contributed by atoms with E-state index in [-0.39, 0.29) is 17.7 Å². The molecule has 1 atom stereocenters. The Labute approximate surface area is 184 Å². The molecule has 2 aromatic carbocycles. The molecular weight excluding hydrogens is 418 g/mol. The molecule has 0 saturated heterocycles. The molecule has 1 aliphatic carbocycles. The zero-order chi connectivity index (χ0) is 20.9. The van der Waals surface area contributed by atoms with Crippen LogP contribution in [-0.4, -0.2) is 23.3 Å². The van der Waals surface area contributed by atoms with Gasteiger partial charge in [-0.25, -0.2) is 4.98 Å². The van der Waals surface area contributed by atoms with Crippen LogP contribution in [0.25, 0.3) is 0 Å². The third kappa shape index (κ3) is 4.89. The highest BCUT2D eigenvalue weighted by atomic mass is 35.5. The number of nitrogens with zero attached hydrogens (tertiary/aromatic N) is 1. The summed E-state index contributed by atoms with van der Waals surface area (Å²) in [6, 6.07) is 16.9. The van der Waals surface area contributed by atoms with Gasteiger partial charge in [0.05, 0.1) is 11.6 Å². The SMILES string of the molecule is O=C(Nc1nc2c(s1)CCC2C(=O)NCCCc1ccccc1)c1ccc(Cl)cc1. The zero-order valence-electron chi connectivity index (χ0n) is 16.4. The molecule has 7 heteroatoms. The Kier molecular flexibility index (Phi) is 6.45. The van der Waals surface area contributed by atoms with Gasteiger partial charge in [0.2, 0.25) is 5.91 Å². The van der Waals surface area contributed by atoms with Crippen LogP contribution >= 0.6 is 22.9 Å². The highest BCUT2D eigenvalue weighted by Crippen LogP contribution is 2.38. The van der Waals surface area contributed by atoms with Crippen molar-refractivity contribution >= 4 is 39.9 Å². The first-order valence-electron chi connectivity index (χ1n) is 9.98. The molecule has 1 heterocycles. The second-order valence-electron chi connectivity index (χ2n) is 7.26. The maximum absolute atomic E-state index is 12.7.